The first kappa shape index (κ1) is 18.9. The van der Waals surface area contributed by atoms with E-state index in [2.05, 4.69) is 26.2 Å². The zero-order chi connectivity index (χ0) is 18.4. The summed E-state index contributed by atoms with van der Waals surface area (Å²) in [7, 11) is 0. The molecule has 134 valence electrons. The van der Waals surface area contributed by atoms with E-state index >= 15 is 0 Å². The monoisotopic (exact) mass is 362 g/mol. The van der Waals surface area contributed by atoms with Gasteiger partial charge in [-0.05, 0) is 49.2 Å². The van der Waals surface area contributed by atoms with Gasteiger partial charge in [0.15, 0.2) is 0 Å². The normalized spacial score (nSPS) is 10.8. The molecule has 0 atom stereocenters. The molecule has 1 aromatic carbocycles. The maximum atomic E-state index is 11.9. The van der Waals surface area contributed by atoms with Crippen molar-refractivity contribution in [2.45, 2.75) is 38.9 Å². The van der Waals surface area contributed by atoms with Gasteiger partial charge >= 0.3 is 0 Å². The van der Waals surface area contributed by atoms with Crippen LogP contribution >= 0.6 is 11.8 Å². The first-order valence-corrected chi connectivity index (χ1v) is 8.91. The molecular formula is C16H22N6O2S. The molecule has 0 aliphatic heterocycles. The van der Waals surface area contributed by atoms with Gasteiger partial charge in [0.2, 0.25) is 17.0 Å². The minimum atomic E-state index is -0.250. The predicted octanol–water partition coefficient (Wildman–Crippen LogP) is 1.01. The van der Waals surface area contributed by atoms with Gasteiger partial charge in [0.1, 0.15) is 0 Å². The third-order valence-corrected chi connectivity index (χ3v) is 4.24. The predicted molar refractivity (Wildman–Crippen MR) is 95.6 cm³/mol. The van der Waals surface area contributed by atoms with E-state index in [-0.39, 0.29) is 30.2 Å². The lowest BCUT2D eigenvalue weighted by atomic mass is 10.1. The third-order valence-electron chi connectivity index (χ3n) is 3.32. The maximum Gasteiger partial charge on any atom is 0.239 e. The van der Waals surface area contributed by atoms with Crippen LogP contribution in [0.15, 0.2) is 23.4 Å². The number of aryl methyl sites for hydroxylation is 2. The van der Waals surface area contributed by atoms with Crippen molar-refractivity contribution in [3.05, 3.63) is 29.3 Å². The van der Waals surface area contributed by atoms with Gasteiger partial charge in [-0.25, -0.2) is 0 Å². The highest BCUT2D eigenvalue weighted by Gasteiger charge is 2.15. The van der Waals surface area contributed by atoms with E-state index in [0.717, 1.165) is 16.8 Å². The summed E-state index contributed by atoms with van der Waals surface area (Å²) >= 11 is 1.22. The SMILES string of the molecule is Cc1cccc(C)c1-n1nnnc1SCC(=O)NCC(=O)NC(C)C. The Labute approximate surface area is 150 Å². The van der Waals surface area contributed by atoms with E-state index in [1.807, 2.05) is 45.9 Å². The number of nitrogens with zero attached hydrogens (tertiary/aromatic N) is 4. The summed E-state index contributed by atoms with van der Waals surface area (Å²) in [6.07, 6.45) is 0. The molecule has 0 spiro atoms. The number of hydrogen-bond acceptors (Lipinski definition) is 6. The van der Waals surface area contributed by atoms with Crippen LogP contribution in [0.4, 0.5) is 0 Å². The number of hydrogen-bond donors (Lipinski definition) is 2. The quantitative estimate of drug-likeness (QED) is 0.713. The lowest BCUT2D eigenvalue weighted by Crippen LogP contribution is -2.40. The molecule has 2 N–H and O–H groups in total. The number of aromatic nitrogens is 4. The second-order valence-electron chi connectivity index (χ2n) is 5.90. The van der Waals surface area contributed by atoms with Crippen molar-refractivity contribution in [2.24, 2.45) is 0 Å². The fraction of sp³-hybridized carbons (Fsp3) is 0.438. The fourth-order valence-corrected chi connectivity index (χ4v) is 2.99. The standard InChI is InChI=1S/C16H22N6O2S/c1-10(2)18-13(23)8-17-14(24)9-25-16-19-20-21-22(16)15-11(3)6-5-7-12(15)4/h5-7,10H,8-9H2,1-4H3,(H,17,24)(H,18,23). The van der Waals surface area contributed by atoms with Crippen molar-refractivity contribution in [2.75, 3.05) is 12.3 Å². The van der Waals surface area contributed by atoms with Gasteiger partial charge < -0.3 is 10.6 Å². The average Bonchev–Trinajstić information content (AvgIpc) is 2.98. The first-order valence-electron chi connectivity index (χ1n) is 7.92. The molecule has 0 aliphatic carbocycles. The van der Waals surface area contributed by atoms with Crippen molar-refractivity contribution >= 4 is 23.6 Å². The summed E-state index contributed by atoms with van der Waals surface area (Å²) in [6.45, 7) is 7.66. The lowest BCUT2D eigenvalue weighted by molar-refractivity contribution is -0.125. The van der Waals surface area contributed by atoms with Crippen LogP contribution in [0, 0.1) is 13.8 Å². The largest absolute Gasteiger partial charge is 0.352 e. The minimum Gasteiger partial charge on any atom is -0.352 e. The second kappa shape index (κ2) is 8.61. The Bertz CT molecular complexity index is 739. The van der Waals surface area contributed by atoms with Gasteiger partial charge in [-0.1, -0.05) is 30.0 Å². The fourth-order valence-electron chi connectivity index (χ4n) is 2.28. The molecule has 0 saturated carbocycles. The number of para-hydroxylation sites is 1. The Morgan fingerprint density at radius 2 is 1.88 bits per heavy atom. The smallest absolute Gasteiger partial charge is 0.239 e. The number of nitrogens with one attached hydrogen (secondary N) is 2. The minimum absolute atomic E-state index is 0.0422. The molecule has 2 aromatic rings. The number of carbonyl (C=O) groups excluding carboxylic acids is 2. The second-order valence-corrected chi connectivity index (χ2v) is 6.84. The van der Waals surface area contributed by atoms with E-state index in [9.17, 15) is 9.59 Å². The summed E-state index contributed by atoms with van der Waals surface area (Å²) in [6, 6.07) is 5.98. The molecule has 8 nitrogen and oxygen atoms in total. The van der Waals surface area contributed by atoms with Crippen molar-refractivity contribution in [3.63, 3.8) is 0 Å². The molecule has 0 saturated heterocycles. The summed E-state index contributed by atoms with van der Waals surface area (Å²) in [5.74, 6) is -0.339. The molecule has 0 bridgehead atoms. The molecule has 0 unspecified atom stereocenters. The van der Waals surface area contributed by atoms with E-state index in [1.54, 1.807) is 4.68 Å². The number of tetrazole rings is 1. The molecule has 2 rings (SSSR count). The number of rotatable bonds is 7. The molecule has 25 heavy (non-hydrogen) atoms. The van der Waals surface area contributed by atoms with Gasteiger partial charge in [0.25, 0.3) is 0 Å². The highest BCUT2D eigenvalue weighted by molar-refractivity contribution is 7.99. The van der Waals surface area contributed by atoms with Crippen LogP contribution in [0.5, 0.6) is 0 Å². The van der Waals surface area contributed by atoms with Crippen LogP contribution in [-0.4, -0.2) is 50.4 Å². The van der Waals surface area contributed by atoms with E-state index in [1.165, 1.54) is 11.8 Å². The van der Waals surface area contributed by atoms with Crippen LogP contribution < -0.4 is 10.6 Å². The lowest BCUT2D eigenvalue weighted by Gasteiger charge is -2.11. The summed E-state index contributed by atoms with van der Waals surface area (Å²) in [4.78, 5) is 23.5. The van der Waals surface area contributed by atoms with Crippen molar-refractivity contribution in [1.82, 2.24) is 30.8 Å². The molecule has 1 aromatic heterocycles. The number of thioether (sulfide) groups is 1. The van der Waals surface area contributed by atoms with Crippen molar-refractivity contribution < 1.29 is 9.59 Å². The molecule has 0 radical (unpaired) electrons. The Morgan fingerprint density at radius 1 is 1.20 bits per heavy atom. The zero-order valence-corrected chi connectivity index (χ0v) is 15.6. The molecular weight excluding hydrogens is 340 g/mol. The van der Waals surface area contributed by atoms with Crippen molar-refractivity contribution in [1.29, 1.82) is 0 Å². The van der Waals surface area contributed by atoms with Gasteiger partial charge in [0, 0.05) is 6.04 Å². The van der Waals surface area contributed by atoms with E-state index in [4.69, 9.17) is 0 Å². The summed E-state index contributed by atoms with van der Waals surface area (Å²) < 4.78 is 1.63. The van der Waals surface area contributed by atoms with Gasteiger partial charge in [-0.2, -0.15) is 4.68 Å². The maximum absolute atomic E-state index is 11.9. The van der Waals surface area contributed by atoms with E-state index in [0.29, 0.717) is 5.16 Å². The molecule has 0 fully saturated rings. The van der Waals surface area contributed by atoms with E-state index < -0.39 is 0 Å². The first-order chi connectivity index (χ1) is 11.9. The number of benzene rings is 1. The molecule has 9 heteroatoms. The van der Waals surface area contributed by atoms with Gasteiger partial charge in [-0.15, -0.1) is 5.10 Å². The zero-order valence-electron chi connectivity index (χ0n) is 14.7. The highest BCUT2D eigenvalue weighted by Crippen LogP contribution is 2.23. The highest BCUT2D eigenvalue weighted by atomic mass is 32.2. The molecule has 2 amide bonds. The topological polar surface area (TPSA) is 102 Å². The van der Waals surface area contributed by atoms with Crippen LogP contribution in [0.2, 0.25) is 0 Å². The summed E-state index contributed by atoms with van der Waals surface area (Å²) in [5, 5.41) is 17.6. The number of carbonyl (C=O) groups is 2. The van der Waals surface area contributed by atoms with Crippen LogP contribution in [-0.2, 0) is 9.59 Å². The van der Waals surface area contributed by atoms with Crippen molar-refractivity contribution in [3.8, 4) is 5.69 Å². The van der Waals surface area contributed by atoms with Gasteiger partial charge in [-0.3, -0.25) is 9.59 Å². The van der Waals surface area contributed by atoms with Crippen LogP contribution in [0.3, 0.4) is 0 Å². The number of amides is 2. The Balaban J connectivity index is 1.96. The third kappa shape index (κ3) is 5.28. The summed E-state index contributed by atoms with van der Waals surface area (Å²) in [5.41, 5.74) is 3.00. The van der Waals surface area contributed by atoms with Crippen LogP contribution in [0.1, 0.15) is 25.0 Å². The van der Waals surface area contributed by atoms with Gasteiger partial charge in [0.05, 0.1) is 18.0 Å². The molecule has 1 heterocycles. The Kier molecular flexibility index (Phi) is 6.51. The Morgan fingerprint density at radius 3 is 2.52 bits per heavy atom. The Hall–Kier alpha value is -2.42. The van der Waals surface area contributed by atoms with Crippen LogP contribution in [0.25, 0.3) is 5.69 Å². The average molecular weight is 362 g/mol. The molecule has 0 aliphatic rings.